The van der Waals surface area contributed by atoms with Gasteiger partial charge in [0.1, 0.15) is 6.29 Å². The average molecular weight is 202 g/mol. The third kappa shape index (κ3) is 1.91. The minimum Gasteiger partial charge on any atom is -0.298 e. The van der Waals surface area contributed by atoms with E-state index in [4.69, 9.17) is 0 Å². The molecule has 0 amide bonds. The molecule has 1 heterocycles. The molecule has 0 N–H and O–H groups in total. The van der Waals surface area contributed by atoms with Crippen molar-refractivity contribution in [3.8, 4) is 0 Å². The van der Waals surface area contributed by atoms with Gasteiger partial charge in [-0.1, -0.05) is 26.0 Å². The van der Waals surface area contributed by atoms with Crippen LogP contribution in [0.3, 0.4) is 0 Å². The summed E-state index contributed by atoms with van der Waals surface area (Å²) in [7, 11) is 0. The number of hydrogen-bond donors (Lipinski definition) is 0. The zero-order valence-electron chi connectivity index (χ0n) is 8.97. The monoisotopic (exact) mass is 202 g/mol. The van der Waals surface area contributed by atoms with Crippen LogP contribution in [-0.4, -0.2) is 16.1 Å². The minimum absolute atomic E-state index is 0.549. The number of fused-ring (bicyclic) bond motifs is 1. The lowest BCUT2D eigenvalue weighted by atomic mass is 10.2. The molecule has 0 bridgehead atoms. The third-order valence-electron chi connectivity index (χ3n) is 2.34. The molecule has 1 aromatic carbocycles. The summed E-state index contributed by atoms with van der Waals surface area (Å²) >= 11 is 0. The molecule has 0 atom stereocenters. The maximum Gasteiger partial charge on any atom is 0.150 e. The molecule has 2 aromatic rings. The Bertz CT molecular complexity index is 485. The van der Waals surface area contributed by atoms with Crippen LogP contribution >= 0.6 is 0 Å². The van der Waals surface area contributed by atoms with Crippen LogP contribution < -0.4 is 0 Å². The molecule has 0 saturated heterocycles. The van der Waals surface area contributed by atoms with E-state index in [9.17, 15) is 4.79 Å². The lowest BCUT2D eigenvalue weighted by molar-refractivity contribution is 0.112. The highest BCUT2D eigenvalue weighted by molar-refractivity contribution is 5.86. The van der Waals surface area contributed by atoms with Gasteiger partial charge in [0.2, 0.25) is 0 Å². The van der Waals surface area contributed by atoms with Gasteiger partial charge in [-0.05, 0) is 12.0 Å². The first-order chi connectivity index (χ1) is 7.20. The van der Waals surface area contributed by atoms with Crippen LogP contribution in [0.1, 0.15) is 24.2 Å². The molecule has 0 aliphatic rings. The molecular weight excluding hydrogens is 188 g/mol. The van der Waals surface area contributed by atoms with Gasteiger partial charge in [0.15, 0.2) is 0 Å². The summed E-state index contributed by atoms with van der Waals surface area (Å²) in [5, 5.41) is 5.40. The summed E-state index contributed by atoms with van der Waals surface area (Å²) in [5.41, 5.74) is 1.74. The second kappa shape index (κ2) is 3.85. The summed E-state index contributed by atoms with van der Waals surface area (Å²) in [4.78, 5) is 10.7. The zero-order chi connectivity index (χ0) is 10.8. The smallest absolute Gasteiger partial charge is 0.150 e. The van der Waals surface area contributed by atoms with Crippen molar-refractivity contribution in [1.82, 2.24) is 9.78 Å². The van der Waals surface area contributed by atoms with Gasteiger partial charge in [-0.3, -0.25) is 9.48 Å². The van der Waals surface area contributed by atoms with E-state index in [1.54, 1.807) is 0 Å². The number of aromatic nitrogens is 2. The largest absolute Gasteiger partial charge is 0.298 e. The van der Waals surface area contributed by atoms with E-state index in [-0.39, 0.29) is 0 Å². The molecule has 3 nitrogen and oxygen atoms in total. The highest BCUT2D eigenvalue weighted by Gasteiger charge is 2.04. The Morgan fingerprint density at radius 3 is 2.93 bits per heavy atom. The fourth-order valence-corrected chi connectivity index (χ4v) is 1.65. The van der Waals surface area contributed by atoms with Gasteiger partial charge < -0.3 is 0 Å². The Labute approximate surface area is 88.7 Å². The van der Waals surface area contributed by atoms with Crippen molar-refractivity contribution in [2.24, 2.45) is 5.92 Å². The number of rotatable bonds is 3. The molecule has 0 fully saturated rings. The topological polar surface area (TPSA) is 34.9 Å². The van der Waals surface area contributed by atoms with Crippen LogP contribution in [0.5, 0.6) is 0 Å². The normalized spacial score (nSPS) is 11.1. The first kappa shape index (κ1) is 9.90. The SMILES string of the molecule is CC(C)Cn1ncc2ccc(C=O)cc21. The molecule has 0 radical (unpaired) electrons. The summed E-state index contributed by atoms with van der Waals surface area (Å²) in [5.74, 6) is 0.549. The van der Waals surface area contributed by atoms with Crippen LogP contribution in [0.25, 0.3) is 10.9 Å². The summed E-state index contributed by atoms with van der Waals surface area (Å²) in [6, 6.07) is 5.64. The van der Waals surface area contributed by atoms with Crippen molar-refractivity contribution in [2.45, 2.75) is 20.4 Å². The van der Waals surface area contributed by atoms with Crippen LogP contribution in [-0.2, 0) is 6.54 Å². The van der Waals surface area contributed by atoms with Crippen LogP contribution in [0, 0.1) is 5.92 Å². The number of aldehydes is 1. The van der Waals surface area contributed by atoms with E-state index in [2.05, 4.69) is 18.9 Å². The van der Waals surface area contributed by atoms with Crippen molar-refractivity contribution in [3.63, 3.8) is 0 Å². The summed E-state index contributed by atoms with van der Waals surface area (Å²) in [6.45, 7) is 5.18. The third-order valence-corrected chi connectivity index (χ3v) is 2.34. The van der Waals surface area contributed by atoms with E-state index >= 15 is 0 Å². The molecule has 0 saturated carbocycles. The number of hydrogen-bond acceptors (Lipinski definition) is 2. The number of carbonyl (C=O) groups is 1. The Balaban J connectivity index is 2.51. The van der Waals surface area contributed by atoms with Gasteiger partial charge in [0.25, 0.3) is 0 Å². The van der Waals surface area contributed by atoms with E-state index in [1.165, 1.54) is 0 Å². The molecule has 0 unspecified atom stereocenters. The van der Waals surface area contributed by atoms with E-state index in [0.717, 1.165) is 23.7 Å². The van der Waals surface area contributed by atoms with Gasteiger partial charge in [-0.15, -0.1) is 0 Å². The van der Waals surface area contributed by atoms with Gasteiger partial charge in [0.05, 0.1) is 11.7 Å². The highest BCUT2D eigenvalue weighted by Crippen LogP contribution is 2.16. The maximum absolute atomic E-state index is 10.7. The lowest BCUT2D eigenvalue weighted by Crippen LogP contribution is -2.05. The lowest BCUT2D eigenvalue weighted by Gasteiger charge is -2.06. The first-order valence-corrected chi connectivity index (χ1v) is 5.11. The molecule has 0 aliphatic carbocycles. The average Bonchev–Trinajstić information content (AvgIpc) is 2.60. The molecule has 0 spiro atoms. The molecule has 0 aliphatic heterocycles. The van der Waals surface area contributed by atoms with E-state index in [0.29, 0.717) is 11.5 Å². The van der Waals surface area contributed by atoms with Gasteiger partial charge in [0, 0.05) is 17.5 Å². The van der Waals surface area contributed by atoms with Crippen molar-refractivity contribution in [1.29, 1.82) is 0 Å². The standard InChI is InChI=1S/C12H14N2O/c1-9(2)7-14-12-5-10(8-15)3-4-11(12)6-13-14/h3-6,8-9H,7H2,1-2H3. The number of carbonyl (C=O) groups excluding carboxylic acids is 1. The second-order valence-electron chi connectivity index (χ2n) is 4.16. The quantitative estimate of drug-likeness (QED) is 0.717. The molecule has 3 heteroatoms. The second-order valence-corrected chi connectivity index (χ2v) is 4.16. The predicted molar refractivity (Wildman–Crippen MR) is 60.0 cm³/mol. The molecule has 78 valence electrons. The van der Waals surface area contributed by atoms with Gasteiger partial charge in [-0.2, -0.15) is 5.10 Å². The van der Waals surface area contributed by atoms with Crippen molar-refractivity contribution in [2.75, 3.05) is 0 Å². The Morgan fingerprint density at radius 2 is 2.27 bits per heavy atom. The van der Waals surface area contributed by atoms with Gasteiger partial charge >= 0.3 is 0 Å². The fraction of sp³-hybridized carbons (Fsp3) is 0.333. The maximum atomic E-state index is 10.7. The van der Waals surface area contributed by atoms with E-state index < -0.39 is 0 Å². The molecule has 15 heavy (non-hydrogen) atoms. The van der Waals surface area contributed by atoms with Gasteiger partial charge in [-0.25, -0.2) is 0 Å². The minimum atomic E-state index is 0.549. The van der Waals surface area contributed by atoms with Crippen LogP contribution in [0.4, 0.5) is 0 Å². The van der Waals surface area contributed by atoms with Crippen molar-refractivity contribution in [3.05, 3.63) is 30.0 Å². The summed E-state index contributed by atoms with van der Waals surface area (Å²) in [6.07, 6.45) is 2.71. The molecule has 2 rings (SSSR count). The number of benzene rings is 1. The predicted octanol–water partition coefficient (Wildman–Crippen LogP) is 2.50. The molecule has 1 aromatic heterocycles. The Kier molecular flexibility index (Phi) is 2.54. The highest BCUT2D eigenvalue weighted by atomic mass is 16.1. The van der Waals surface area contributed by atoms with Crippen LogP contribution in [0.2, 0.25) is 0 Å². The first-order valence-electron chi connectivity index (χ1n) is 5.11. The van der Waals surface area contributed by atoms with Crippen molar-refractivity contribution < 1.29 is 4.79 Å². The Morgan fingerprint density at radius 1 is 1.47 bits per heavy atom. The fourth-order valence-electron chi connectivity index (χ4n) is 1.65. The zero-order valence-corrected chi connectivity index (χ0v) is 8.97. The number of nitrogens with zero attached hydrogens (tertiary/aromatic N) is 2. The van der Waals surface area contributed by atoms with E-state index in [1.807, 2.05) is 29.1 Å². The molecular formula is C12H14N2O. The Hall–Kier alpha value is -1.64. The summed E-state index contributed by atoms with van der Waals surface area (Å²) < 4.78 is 1.95. The van der Waals surface area contributed by atoms with Crippen molar-refractivity contribution >= 4 is 17.2 Å². The van der Waals surface area contributed by atoms with Crippen LogP contribution in [0.15, 0.2) is 24.4 Å².